The van der Waals surface area contributed by atoms with Crippen LogP contribution in [0.5, 0.6) is 11.5 Å². The van der Waals surface area contributed by atoms with E-state index in [1.165, 1.54) is 26.2 Å². The van der Waals surface area contributed by atoms with Gasteiger partial charge in [0.15, 0.2) is 11.6 Å². The molecule has 0 spiro atoms. The van der Waals surface area contributed by atoms with Crippen molar-refractivity contribution in [2.75, 3.05) is 20.3 Å². The minimum absolute atomic E-state index is 0.0383. The summed E-state index contributed by atoms with van der Waals surface area (Å²) in [6.07, 6.45) is 1.74. The monoisotopic (exact) mass is 674 g/mol. The van der Waals surface area contributed by atoms with E-state index in [9.17, 15) is 27.2 Å². The third-order valence-corrected chi connectivity index (χ3v) is 8.74. The van der Waals surface area contributed by atoms with E-state index < -0.39 is 64.5 Å². The Hall–Kier alpha value is -4.52. The molecule has 0 radical (unpaired) electrons. The lowest BCUT2D eigenvalue weighted by molar-refractivity contribution is -0.149. The first-order chi connectivity index (χ1) is 22.2. The summed E-state index contributed by atoms with van der Waals surface area (Å²) in [5.41, 5.74) is 3.02. The molecule has 47 heavy (non-hydrogen) atoms. The number of methoxy groups -OCH3 is 1. The molecular weight excluding hydrogens is 647 g/mol. The van der Waals surface area contributed by atoms with E-state index in [-0.39, 0.29) is 34.3 Å². The number of halogens is 6. The van der Waals surface area contributed by atoms with Crippen molar-refractivity contribution in [2.45, 2.75) is 43.7 Å². The van der Waals surface area contributed by atoms with Crippen molar-refractivity contribution in [1.29, 1.82) is 0 Å². The number of amides is 2. The highest BCUT2D eigenvalue weighted by atomic mass is 35.5. The molecule has 2 aromatic carbocycles. The molecule has 1 unspecified atom stereocenters. The first kappa shape index (κ1) is 32.4. The van der Waals surface area contributed by atoms with Crippen LogP contribution in [0.4, 0.5) is 22.0 Å². The standard InChI is InChI=1S/C33H28ClF5N4O4/c1-32(31(40)45)14-47-29-21(32)12-24(43-28(29)20-10-18(34)11-23(35)26(20)36)22(33(37,38)39)13-41-30(44)17-8-16-5-6-19(7-15-3-4-15)42-27(16)25(9-17)46-2/h5,7-12,15,22H,3-4,6,13-14H2,1-2H3,(H2,40,45)(H,41,44)/t22?,32-/m0/s1. The first-order valence-electron chi connectivity index (χ1n) is 14.6. The van der Waals surface area contributed by atoms with E-state index in [4.69, 9.17) is 26.8 Å². The van der Waals surface area contributed by atoms with Gasteiger partial charge in [0.2, 0.25) is 5.91 Å². The smallest absolute Gasteiger partial charge is 0.398 e. The second-order valence-electron chi connectivity index (χ2n) is 11.9. The van der Waals surface area contributed by atoms with Gasteiger partial charge >= 0.3 is 6.18 Å². The van der Waals surface area contributed by atoms with Gasteiger partial charge < -0.3 is 20.5 Å². The van der Waals surface area contributed by atoms with E-state index in [0.717, 1.165) is 30.7 Å². The topological polar surface area (TPSA) is 116 Å². The number of alkyl halides is 3. The van der Waals surface area contributed by atoms with Gasteiger partial charge in [0.05, 0.1) is 12.8 Å². The molecule has 6 rings (SSSR count). The predicted molar refractivity (Wildman–Crippen MR) is 161 cm³/mol. The molecule has 3 aromatic rings. The third-order valence-electron chi connectivity index (χ3n) is 8.53. The zero-order chi connectivity index (χ0) is 33.8. The van der Waals surface area contributed by atoms with Crippen molar-refractivity contribution >= 4 is 29.5 Å². The van der Waals surface area contributed by atoms with E-state index in [1.54, 1.807) is 0 Å². The molecule has 0 saturated heterocycles. The van der Waals surface area contributed by atoms with Crippen molar-refractivity contribution in [1.82, 2.24) is 10.3 Å². The Balaban J connectivity index is 1.38. The van der Waals surface area contributed by atoms with E-state index in [1.807, 2.05) is 6.08 Å². The summed E-state index contributed by atoms with van der Waals surface area (Å²) in [7, 11) is 1.40. The van der Waals surface area contributed by atoms with Crippen LogP contribution in [0.2, 0.25) is 5.02 Å². The molecule has 1 aromatic heterocycles. The minimum atomic E-state index is -4.99. The van der Waals surface area contributed by atoms with Crippen LogP contribution in [0, 0.1) is 17.6 Å². The predicted octanol–water partition coefficient (Wildman–Crippen LogP) is 5.00. The van der Waals surface area contributed by atoms with Gasteiger partial charge in [-0.2, -0.15) is 13.2 Å². The van der Waals surface area contributed by atoms with Crippen molar-refractivity contribution in [3.05, 3.63) is 86.2 Å². The van der Waals surface area contributed by atoms with Crippen LogP contribution in [0.25, 0.3) is 17.3 Å². The Bertz CT molecular complexity index is 1980. The number of nitrogens with two attached hydrogens (primary N) is 1. The number of pyridine rings is 1. The van der Waals surface area contributed by atoms with Crippen LogP contribution in [0.15, 0.2) is 47.1 Å². The van der Waals surface area contributed by atoms with Gasteiger partial charge in [-0.15, -0.1) is 0 Å². The largest absolute Gasteiger partial charge is 0.494 e. The number of allylic oxidation sites excluding steroid dienone is 2. The Labute approximate surface area is 270 Å². The van der Waals surface area contributed by atoms with E-state index >= 15 is 4.39 Å². The summed E-state index contributed by atoms with van der Waals surface area (Å²) >= 11 is 5.95. The molecule has 3 heterocycles. The minimum Gasteiger partial charge on any atom is -0.494 e. The molecule has 1 saturated carbocycles. The Kier molecular flexibility index (Phi) is 8.23. The number of primary amides is 1. The lowest BCUT2D eigenvalue weighted by Crippen LogP contribution is -2.40. The van der Waals surface area contributed by atoms with Crippen LogP contribution < -0.4 is 31.1 Å². The van der Waals surface area contributed by atoms with Crippen molar-refractivity contribution in [3.8, 4) is 22.8 Å². The Morgan fingerprint density at radius 1 is 1.21 bits per heavy atom. The SMILES string of the molecule is COc1cc(C(=O)NCC(c2cc3c(c(-c4cc(Cl)cc(F)c4F)n2)OC[C@]3(C)C(N)=O)C(F)(F)F)cc2c1=NC(=CC1CC1)CC=2. The summed E-state index contributed by atoms with van der Waals surface area (Å²) < 4.78 is 84.4. The fourth-order valence-electron chi connectivity index (χ4n) is 5.62. The quantitative estimate of drug-likeness (QED) is 0.258. The summed E-state index contributed by atoms with van der Waals surface area (Å²) in [4.78, 5) is 34.4. The molecule has 2 aliphatic heterocycles. The Morgan fingerprint density at radius 3 is 2.62 bits per heavy atom. The van der Waals surface area contributed by atoms with E-state index in [2.05, 4.69) is 21.4 Å². The number of benzene rings is 2. The number of rotatable bonds is 8. The summed E-state index contributed by atoms with van der Waals surface area (Å²) in [5.74, 6) is -6.46. The van der Waals surface area contributed by atoms with Crippen molar-refractivity contribution in [3.63, 3.8) is 0 Å². The summed E-state index contributed by atoms with van der Waals surface area (Å²) in [6, 6.07) is 5.58. The van der Waals surface area contributed by atoms with Crippen LogP contribution in [0.3, 0.4) is 0 Å². The maximum atomic E-state index is 15.0. The summed E-state index contributed by atoms with van der Waals surface area (Å²) in [6.45, 7) is -0.0173. The molecule has 2 amide bonds. The number of fused-ring (bicyclic) bond motifs is 2. The lowest BCUT2D eigenvalue weighted by atomic mass is 9.82. The zero-order valence-electron chi connectivity index (χ0n) is 25.1. The summed E-state index contributed by atoms with van der Waals surface area (Å²) in [5, 5.41) is 3.18. The number of ether oxygens (including phenoxy) is 2. The molecule has 8 nitrogen and oxygen atoms in total. The number of carbonyl (C=O) groups is 2. The number of hydrogen-bond acceptors (Lipinski definition) is 6. The highest BCUT2D eigenvalue weighted by molar-refractivity contribution is 6.30. The van der Waals surface area contributed by atoms with Gasteiger partial charge in [-0.25, -0.2) is 18.8 Å². The number of hydrogen-bond donors (Lipinski definition) is 2. The number of nitrogens with zero attached hydrogens (tertiary/aromatic N) is 2. The van der Waals surface area contributed by atoms with Crippen LogP contribution in [0.1, 0.15) is 53.7 Å². The highest BCUT2D eigenvalue weighted by Gasteiger charge is 2.47. The normalized spacial score (nSPS) is 20.0. The molecule has 3 aliphatic rings. The molecular formula is C33H28ClF5N4O4. The molecule has 1 aliphatic carbocycles. The molecule has 0 bridgehead atoms. The number of nitrogens with one attached hydrogen (secondary N) is 1. The van der Waals surface area contributed by atoms with Gasteiger partial charge in [-0.3, -0.25) is 9.59 Å². The van der Waals surface area contributed by atoms with Crippen LogP contribution in [-0.2, 0) is 10.2 Å². The molecule has 246 valence electrons. The third kappa shape index (κ3) is 6.16. The van der Waals surface area contributed by atoms with Crippen LogP contribution in [-0.4, -0.2) is 43.2 Å². The second-order valence-corrected chi connectivity index (χ2v) is 12.4. The molecule has 1 fully saturated rings. The average Bonchev–Trinajstić information content (AvgIpc) is 3.77. The zero-order valence-corrected chi connectivity index (χ0v) is 25.9. The average molecular weight is 675 g/mol. The first-order valence-corrected chi connectivity index (χ1v) is 15.0. The Morgan fingerprint density at radius 2 is 1.96 bits per heavy atom. The van der Waals surface area contributed by atoms with E-state index in [0.29, 0.717) is 29.0 Å². The number of aromatic nitrogens is 1. The maximum absolute atomic E-state index is 15.0. The highest BCUT2D eigenvalue weighted by Crippen LogP contribution is 2.47. The fraction of sp³-hybridized carbons (Fsp3) is 0.333. The number of carbonyl (C=O) groups excluding carboxylic acids is 2. The second kappa shape index (κ2) is 11.9. The van der Waals surface area contributed by atoms with Gasteiger partial charge in [0.1, 0.15) is 40.5 Å². The fourth-order valence-corrected chi connectivity index (χ4v) is 5.82. The van der Waals surface area contributed by atoms with Gasteiger partial charge in [0.25, 0.3) is 5.91 Å². The maximum Gasteiger partial charge on any atom is 0.398 e. The van der Waals surface area contributed by atoms with Crippen molar-refractivity contribution < 1.29 is 41.0 Å². The van der Waals surface area contributed by atoms with Gasteiger partial charge in [-0.05, 0) is 56.0 Å². The van der Waals surface area contributed by atoms with Crippen LogP contribution >= 0.6 is 11.6 Å². The molecule has 3 N–H and O–H groups in total. The van der Waals surface area contributed by atoms with Gasteiger partial charge in [-0.1, -0.05) is 23.8 Å². The lowest BCUT2D eigenvalue weighted by Gasteiger charge is -2.24. The molecule has 14 heteroatoms. The van der Waals surface area contributed by atoms with Gasteiger partial charge in [0, 0.05) is 45.6 Å². The molecule has 2 atom stereocenters. The van der Waals surface area contributed by atoms with Crippen molar-refractivity contribution in [2.24, 2.45) is 16.6 Å².